The van der Waals surface area contributed by atoms with Gasteiger partial charge in [-0.2, -0.15) is 0 Å². The molecule has 0 saturated heterocycles. The first kappa shape index (κ1) is 13.3. The van der Waals surface area contributed by atoms with Crippen LogP contribution in [0.1, 0.15) is 36.2 Å². The van der Waals surface area contributed by atoms with Crippen LogP contribution in [0.4, 0.5) is 5.69 Å². The van der Waals surface area contributed by atoms with Crippen LogP contribution in [0, 0.1) is 0 Å². The molecule has 1 aromatic rings. The molecule has 1 aliphatic rings. The van der Waals surface area contributed by atoms with E-state index in [1.54, 1.807) is 6.07 Å². The minimum atomic E-state index is -1.05. The van der Waals surface area contributed by atoms with E-state index in [9.17, 15) is 9.59 Å². The van der Waals surface area contributed by atoms with Gasteiger partial charge in [0.05, 0.1) is 0 Å². The maximum Gasteiger partial charge on any atom is 0.354 e. The number of hydrogen-bond donors (Lipinski definition) is 3. The maximum atomic E-state index is 11.4. The summed E-state index contributed by atoms with van der Waals surface area (Å²) in [6.45, 7) is 0.626. The normalized spacial score (nSPS) is 13.9. The van der Waals surface area contributed by atoms with E-state index in [-0.39, 0.29) is 11.6 Å². The van der Waals surface area contributed by atoms with Crippen LogP contribution in [0.5, 0.6) is 0 Å². The van der Waals surface area contributed by atoms with Crippen molar-refractivity contribution in [1.29, 1.82) is 0 Å². The van der Waals surface area contributed by atoms with Crippen LogP contribution >= 0.6 is 0 Å². The first-order chi connectivity index (χ1) is 9.15. The van der Waals surface area contributed by atoms with Gasteiger partial charge in [-0.3, -0.25) is 4.79 Å². The maximum absolute atomic E-state index is 11.4. The number of pyridine rings is 1. The molecule has 2 rings (SSSR count). The standard InChI is InChI=1S/C13H17N3O3/c17-12(16-9-3-4-9)2-1-6-14-10-5-7-15-11(8-10)13(18)19/h5,7-9H,1-4,6H2,(H,14,15)(H,16,17)(H,18,19). The van der Waals surface area contributed by atoms with E-state index < -0.39 is 5.97 Å². The number of aromatic nitrogens is 1. The second kappa shape index (κ2) is 6.17. The van der Waals surface area contributed by atoms with Crippen LogP contribution in [0.2, 0.25) is 0 Å². The Hall–Kier alpha value is -2.11. The summed E-state index contributed by atoms with van der Waals surface area (Å²) in [5.41, 5.74) is 0.714. The summed E-state index contributed by atoms with van der Waals surface area (Å²) in [6, 6.07) is 3.59. The van der Waals surface area contributed by atoms with Crippen LogP contribution in [0.3, 0.4) is 0 Å². The van der Waals surface area contributed by atoms with Crippen molar-refractivity contribution in [2.45, 2.75) is 31.7 Å². The van der Waals surface area contributed by atoms with Gasteiger partial charge in [0, 0.05) is 30.9 Å². The zero-order valence-corrected chi connectivity index (χ0v) is 10.6. The third kappa shape index (κ3) is 4.57. The summed E-state index contributed by atoms with van der Waals surface area (Å²) >= 11 is 0. The van der Waals surface area contributed by atoms with Crippen molar-refractivity contribution in [3.63, 3.8) is 0 Å². The van der Waals surface area contributed by atoms with Crippen molar-refractivity contribution >= 4 is 17.6 Å². The average Bonchev–Trinajstić information content (AvgIpc) is 3.19. The minimum absolute atomic E-state index is 0.0106. The number of carboxylic acid groups (broad SMARTS) is 1. The Balaban J connectivity index is 1.68. The minimum Gasteiger partial charge on any atom is -0.477 e. The predicted molar refractivity (Wildman–Crippen MR) is 70.1 cm³/mol. The van der Waals surface area contributed by atoms with Crippen molar-refractivity contribution in [3.8, 4) is 0 Å². The summed E-state index contributed by atoms with van der Waals surface area (Å²) in [6.07, 6.45) is 4.84. The molecule has 6 heteroatoms. The molecular formula is C13H17N3O3. The van der Waals surface area contributed by atoms with Gasteiger partial charge in [0.2, 0.25) is 5.91 Å². The fraction of sp³-hybridized carbons (Fsp3) is 0.462. The lowest BCUT2D eigenvalue weighted by Crippen LogP contribution is -2.25. The first-order valence-electron chi connectivity index (χ1n) is 6.38. The monoisotopic (exact) mass is 263 g/mol. The molecule has 1 heterocycles. The molecule has 1 saturated carbocycles. The van der Waals surface area contributed by atoms with Crippen molar-refractivity contribution in [2.75, 3.05) is 11.9 Å². The van der Waals surface area contributed by atoms with Gasteiger partial charge in [0.25, 0.3) is 0 Å². The summed E-state index contributed by atoms with van der Waals surface area (Å²) in [4.78, 5) is 25.9. The van der Waals surface area contributed by atoms with Gasteiger partial charge in [-0.15, -0.1) is 0 Å². The molecular weight excluding hydrogens is 246 g/mol. The average molecular weight is 263 g/mol. The number of rotatable bonds is 7. The van der Waals surface area contributed by atoms with Gasteiger partial charge in [-0.25, -0.2) is 9.78 Å². The van der Waals surface area contributed by atoms with Gasteiger partial charge in [0.15, 0.2) is 0 Å². The van der Waals surface area contributed by atoms with Crippen molar-refractivity contribution in [3.05, 3.63) is 24.0 Å². The number of nitrogens with one attached hydrogen (secondary N) is 2. The van der Waals surface area contributed by atoms with Gasteiger partial charge < -0.3 is 15.7 Å². The Kier molecular flexibility index (Phi) is 4.33. The molecule has 0 aromatic carbocycles. The molecule has 0 aliphatic heterocycles. The van der Waals surface area contributed by atoms with E-state index >= 15 is 0 Å². The largest absolute Gasteiger partial charge is 0.477 e. The van der Waals surface area contributed by atoms with Crippen LogP contribution < -0.4 is 10.6 Å². The zero-order valence-electron chi connectivity index (χ0n) is 10.6. The summed E-state index contributed by atoms with van der Waals surface area (Å²) in [5.74, 6) is -0.960. The number of carbonyl (C=O) groups excluding carboxylic acids is 1. The molecule has 0 bridgehead atoms. The lowest BCUT2D eigenvalue weighted by Gasteiger charge is -2.07. The number of carbonyl (C=O) groups is 2. The van der Waals surface area contributed by atoms with E-state index in [2.05, 4.69) is 15.6 Å². The van der Waals surface area contributed by atoms with E-state index in [1.165, 1.54) is 12.3 Å². The van der Waals surface area contributed by atoms with Gasteiger partial charge in [-0.1, -0.05) is 0 Å². The van der Waals surface area contributed by atoms with E-state index in [0.29, 0.717) is 31.1 Å². The molecule has 6 nitrogen and oxygen atoms in total. The van der Waals surface area contributed by atoms with E-state index in [0.717, 1.165) is 12.8 Å². The molecule has 1 aliphatic carbocycles. The SMILES string of the molecule is O=C(CCCNc1ccnc(C(=O)O)c1)NC1CC1. The zero-order chi connectivity index (χ0) is 13.7. The Labute approximate surface area is 111 Å². The third-order valence-electron chi connectivity index (χ3n) is 2.83. The molecule has 1 aromatic heterocycles. The fourth-order valence-electron chi connectivity index (χ4n) is 1.67. The van der Waals surface area contributed by atoms with E-state index in [1.807, 2.05) is 0 Å². The molecule has 19 heavy (non-hydrogen) atoms. The summed E-state index contributed by atoms with van der Waals surface area (Å²) < 4.78 is 0. The van der Waals surface area contributed by atoms with Crippen LogP contribution in [-0.4, -0.2) is 34.6 Å². The molecule has 0 spiro atoms. The summed E-state index contributed by atoms with van der Waals surface area (Å²) in [7, 11) is 0. The Morgan fingerprint density at radius 1 is 1.42 bits per heavy atom. The number of nitrogens with zero attached hydrogens (tertiary/aromatic N) is 1. The highest BCUT2D eigenvalue weighted by Crippen LogP contribution is 2.18. The lowest BCUT2D eigenvalue weighted by atomic mass is 10.2. The highest BCUT2D eigenvalue weighted by Gasteiger charge is 2.22. The second-order valence-electron chi connectivity index (χ2n) is 4.61. The Morgan fingerprint density at radius 3 is 2.89 bits per heavy atom. The van der Waals surface area contributed by atoms with Gasteiger partial charge in [0.1, 0.15) is 5.69 Å². The third-order valence-corrected chi connectivity index (χ3v) is 2.83. The van der Waals surface area contributed by atoms with Crippen molar-refractivity contribution in [2.24, 2.45) is 0 Å². The number of carboxylic acids is 1. The van der Waals surface area contributed by atoms with Gasteiger partial charge >= 0.3 is 5.97 Å². The van der Waals surface area contributed by atoms with Crippen molar-refractivity contribution in [1.82, 2.24) is 10.3 Å². The lowest BCUT2D eigenvalue weighted by molar-refractivity contribution is -0.121. The van der Waals surface area contributed by atoms with Gasteiger partial charge in [-0.05, 0) is 31.4 Å². The Morgan fingerprint density at radius 2 is 2.21 bits per heavy atom. The number of aromatic carboxylic acids is 1. The smallest absolute Gasteiger partial charge is 0.354 e. The topological polar surface area (TPSA) is 91.3 Å². The molecule has 0 atom stereocenters. The first-order valence-corrected chi connectivity index (χ1v) is 6.38. The van der Waals surface area contributed by atoms with Crippen molar-refractivity contribution < 1.29 is 14.7 Å². The Bertz CT molecular complexity index is 472. The van der Waals surface area contributed by atoms with Crippen LogP contribution in [0.15, 0.2) is 18.3 Å². The number of anilines is 1. The van der Waals surface area contributed by atoms with Crippen LogP contribution in [-0.2, 0) is 4.79 Å². The van der Waals surface area contributed by atoms with E-state index in [4.69, 9.17) is 5.11 Å². The van der Waals surface area contributed by atoms with Crippen LogP contribution in [0.25, 0.3) is 0 Å². The highest BCUT2D eigenvalue weighted by molar-refractivity contribution is 5.86. The second-order valence-corrected chi connectivity index (χ2v) is 4.61. The summed E-state index contributed by atoms with van der Waals surface area (Å²) in [5, 5.41) is 14.8. The molecule has 3 N–H and O–H groups in total. The molecule has 0 unspecified atom stereocenters. The predicted octanol–water partition coefficient (Wildman–Crippen LogP) is 1.25. The highest BCUT2D eigenvalue weighted by atomic mass is 16.4. The molecule has 102 valence electrons. The quantitative estimate of drug-likeness (QED) is 0.644. The molecule has 0 radical (unpaired) electrons. The molecule has 1 amide bonds. The molecule has 1 fully saturated rings. The number of amides is 1. The number of hydrogen-bond acceptors (Lipinski definition) is 4. The fourth-order valence-corrected chi connectivity index (χ4v) is 1.67.